The zero-order chi connectivity index (χ0) is 19.4. The fourth-order valence-corrected chi connectivity index (χ4v) is 4.39. The third kappa shape index (κ3) is 4.43. The molecular formula is C20H24N4O2S. The third-order valence-electron chi connectivity index (χ3n) is 4.42. The fourth-order valence-electron chi connectivity index (χ4n) is 2.99. The largest absolute Gasteiger partial charge is 0.321 e. The summed E-state index contributed by atoms with van der Waals surface area (Å²) in [6, 6.07) is 16.7. The third-order valence-corrected chi connectivity index (χ3v) is 5.99. The molecule has 7 heteroatoms. The van der Waals surface area contributed by atoms with Crippen LogP contribution < -0.4 is 5.73 Å². The molecule has 0 radical (unpaired) electrons. The van der Waals surface area contributed by atoms with Crippen molar-refractivity contribution < 1.29 is 8.42 Å². The molecule has 1 heterocycles. The lowest BCUT2D eigenvalue weighted by atomic mass is 10.2. The van der Waals surface area contributed by atoms with Crippen molar-refractivity contribution in [2.45, 2.75) is 43.8 Å². The predicted octanol–water partition coefficient (Wildman–Crippen LogP) is 3.02. The van der Waals surface area contributed by atoms with E-state index in [2.05, 4.69) is 10.2 Å². The van der Waals surface area contributed by atoms with Crippen LogP contribution in [0.4, 0.5) is 0 Å². The molecule has 0 amide bonds. The maximum Gasteiger partial charge on any atom is 0.250 e. The van der Waals surface area contributed by atoms with Crippen LogP contribution in [-0.4, -0.2) is 23.2 Å². The smallest absolute Gasteiger partial charge is 0.250 e. The molecule has 0 saturated carbocycles. The van der Waals surface area contributed by atoms with Gasteiger partial charge in [-0.05, 0) is 24.5 Å². The number of nitrogens with zero attached hydrogens (tertiary/aromatic N) is 3. The van der Waals surface area contributed by atoms with E-state index >= 15 is 0 Å². The summed E-state index contributed by atoms with van der Waals surface area (Å²) in [4.78, 5) is 0. The van der Waals surface area contributed by atoms with E-state index in [1.807, 2.05) is 62.4 Å². The van der Waals surface area contributed by atoms with Gasteiger partial charge in [-0.3, -0.25) is 4.57 Å². The number of hydrogen-bond donors (Lipinski definition) is 1. The Morgan fingerprint density at radius 2 is 1.74 bits per heavy atom. The second-order valence-corrected chi connectivity index (χ2v) is 8.56. The molecule has 0 spiro atoms. The van der Waals surface area contributed by atoms with Crippen LogP contribution in [-0.2, 0) is 22.1 Å². The quantitative estimate of drug-likeness (QED) is 0.676. The van der Waals surface area contributed by atoms with Crippen molar-refractivity contribution in [2.24, 2.45) is 5.73 Å². The van der Waals surface area contributed by atoms with E-state index in [1.165, 1.54) is 0 Å². The minimum Gasteiger partial charge on any atom is -0.321 e. The minimum atomic E-state index is -3.67. The highest BCUT2D eigenvalue weighted by Crippen LogP contribution is 2.21. The standard InChI is InChI=1S/C20H24N4O2S/c1-3-18(21)19-22-23-20(24(19)13-16-9-5-4-6-10-16)27(25,26)14-17-11-7-8-15(2)12-17/h4-12,18H,3,13-14,21H2,1-2H3. The van der Waals surface area contributed by atoms with Gasteiger partial charge in [0, 0.05) is 0 Å². The molecule has 0 aliphatic carbocycles. The normalized spacial score (nSPS) is 12.9. The van der Waals surface area contributed by atoms with Crippen molar-refractivity contribution in [1.82, 2.24) is 14.8 Å². The summed E-state index contributed by atoms with van der Waals surface area (Å²) < 4.78 is 27.8. The van der Waals surface area contributed by atoms with Crippen LogP contribution in [0.25, 0.3) is 0 Å². The SMILES string of the molecule is CCC(N)c1nnc(S(=O)(=O)Cc2cccc(C)c2)n1Cc1ccccc1. The van der Waals surface area contributed by atoms with Gasteiger partial charge in [0.25, 0.3) is 0 Å². The number of hydrogen-bond acceptors (Lipinski definition) is 5. The Kier molecular flexibility index (Phi) is 5.72. The number of aryl methyl sites for hydroxylation is 1. The Morgan fingerprint density at radius 1 is 1.04 bits per heavy atom. The molecule has 3 aromatic rings. The summed E-state index contributed by atoms with van der Waals surface area (Å²) in [5.41, 5.74) is 8.87. The van der Waals surface area contributed by atoms with Crippen LogP contribution in [0.5, 0.6) is 0 Å². The van der Waals surface area contributed by atoms with E-state index < -0.39 is 9.84 Å². The molecule has 2 N–H and O–H groups in total. The summed E-state index contributed by atoms with van der Waals surface area (Å²) in [6.45, 7) is 4.23. The van der Waals surface area contributed by atoms with E-state index in [4.69, 9.17) is 5.73 Å². The number of sulfone groups is 1. The zero-order valence-electron chi connectivity index (χ0n) is 15.5. The Labute approximate surface area is 160 Å². The topological polar surface area (TPSA) is 90.9 Å². The molecule has 0 bridgehead atoms. The predicted molar refractivity (Wildman–Crippen MR) is 105 cm³/mol. The molecule has 1 atom stereocenters. The van der Waals surface area contributed by atoms with Crippen molar-refractivity contribution in [3.05, 3.63) is 77.1 Å². The average Bonchev–Trinajstić information content (AvgIpc) is 3.06. The number of rotatable bonds is 7. The molecule has 142 valence electrons. The zero-order valence-corrected chi connectivity index (χ0v) is 16.4. The molecule has 27 heavy (non-hydrogen) atoms. The van der Waals surface area contributed by atoms with E-state index in [1.54, 1.807) is 10.6 Å². The van der Waals surface area contributed by atoms with Crippen LogP contribution in [0.2, 0.25) is 0 Å². The molecule has 1 unspecified atom stereocenters. The van der Waals surface area contributed by atoms with E-state index in [-0.39, 0.29) is 17.0 Å². The second kappa shape index (κ2) is 8.02. The van der Waals surface area contributed by atoms with Crippen LogP contribution in [0, 0.1) is 6.92 Å². The van der Waals surface area contributed by atoms with Crippen molar-refractivity contribution in [3.63, 3.8) is 0 Å². The lowest BCUT2D eigenvalue weighted by molar-refractivity contribution is 0.550. The number of nitrogens with two attached hydrogens (primary N) is 1. The molecule has 3 rings (SSSR count). The second-order valence-electron chi connectivity index (χ2n) is 6.68. The first-order chi connectivity index (χ1) is 12.9. The molecular weight excluding hydrogens is 360 g/mol. The summed E-state index contributed by atoms with van der Waals surface area (Å²) in [6.07, 6.45) is 0.644. The maximum atomic E-state index is 13.1. The van der Waals surface area contributed by atoms with Gasteiger partial charge in [0.15, 0.2) is 5.82 Å². The minimum absolute atomic E-state index is 0.0354. The van der Waals surface area contributed by atoms with Gasteiger partial charge in [0.1, 0.15) is 0 Å². The van der Waals surface area contributed by atoms with E-state index in [0.717, 1.165) is 16.7 Å². The molecule has 6 nitrogen and oxygen atoms in total. The molecule has 1 aromatic heterocycles. The van der Waals surface area contributed by atoms with Crippen LogP contribution in [0.1, 0.15) is 41.9 Å². The maximum absolute atomic E-state index is 13.1. The summed E-state index contributed by atoms with van der Waals surface area (Å²) in [5, 5.41) is 8.10. The Balaban J connectivity index is 2.02. The van der Waals surface area contributed by atoms with Gasteiger partial charge in [-0.2, -0.15) is 0 Å². The molecule has 0 aliphatic rings. The first-order valence-electron chi connectivity index (χ1n) is 8.91. The van der Waals surface area contributed by atoms with Gasteiger partial charge in [-0.1, -0.05) is 67.1 Å². The average molecular weight is 385 g/mol. The van der Waals surface area contributed by atoms with Crippen molar-refractivity contribution in [2.75, 3.05) is 0 Å². The van der Waals surface area contributed by atoms with Gasteiger partial charge in [0.2, 0.25) is 15.0 Å². The Hall–Kier alpha value is -2.51. The molecule has 0 aliphatic heterocycles. The number of benzene rings is 2. The van der Waals surface area contributed by atoms with Crippen molar-refractivity contribution >= 4 is 9.84 Å². The lowest BCUT2D eigenvalue weighted by Crippen LogP contribution is -2.20. The fraction of sp³-hybridized carbons (Fsp3) is 0.300. The van der Waals surface area contributed by atoms with Gasteiger partial charge in [0.05, 0.1) is 18.3 Å². The van der Waals surface area contributed by atoms with Gasteiger partial charge in [-0.15, -0.1) is 10.2 Å². The summed E-state index contributed by atoms with van der Waals surface area (Å²) >= 11 is 0. The van der Waals surface area contributed by atoms with Crippen LogP contribution in [0.3, 0.4) is 0 Å². The highest BCUT2D eigenvalue weighted by atomic mass is 32.2. The van der Waals surface area contributed by atoms with Gasteiger partial charge >= 0.3 is 0 Å². The molecule has 0 fully saturated rings. The highest BCUT2D eigenvalue weighted by Gasteiger charge is 2.27. The Morgan fingerprint density at radius 3 is 2.41 bits per heavy atom. The Bertz CT molecular complexity index is 1010. The summed E-state index contributed by atoms with van der Waals surface area (Å²) in [5.74, 6) is 0.368. The highest BCUT2D eigenvalue weighted by molar-refractivity contribution is 7.90. The lowest BCUT2D eigenvalue weighted by Gasteiger charge is -2.14. The van der Waals surface area contributed by atoms with Crippen LogP contribution >= 0.6 is 0 Å². The number of aromatic nitrogens is 3. The summed E-state index contributed by atoms with van der Waals surface area (Å²) in [7, 11) is -3.67. The van der Waals surface area contributed by atoms with Crippen molar-refractivity contribution in [3.8, 4) is 0 Å². The monoisotopic (exact) mass is 384 g/mol. The van der Waals surface area contributed by atoms with E-state index in [9.17, 15) is 8.42 Å². The van der Waals surface area contributed by atoms with Gasteiger partial charge in [-0.25, -0.2) is 8.42 Å². The first kappa shape index (κ1) is 19.3. The first-order valence-corrected chi connectivity index (χ1v) is 10.6. The van der Waals surface area contributed by atoms with Crippen molar-refractivity contribution in [1.29, 1.82) is 0 Å². The van der Waals surface area contributed by atoms with E-state index in [0.29, 0.717) is 18.8 Å². The molecule has 2 aromatic carbocycles. The molecule has 0 saturated heterocycles. The van der Waals surface area contributed by atoms with Gasteiger partial charge < -0.3 is 5.73 Å². The van der Waals surface area contributed by atoms with Crippen LogP contribution in [0.15, 0.2) is 59.8 Å².